The summed E-state index contributed by atoms with van der Waals surface area (Å²) in [6.45, 7) is 2.50. The highest BCUT2D eigenvalue weighted by Crippen LogP contribution is 2.16. The fraction of sp³-hybridized carbons (Fsp3) is 0.200. The highest BCUT2D eigenvalue weighted by atomic mass is 32.1. The van der Waals surface area contributed by atoms with Gasteiger partial charge in [0.1, 0.15) is 5.01 Å². The van der Waals surface area contributed by atoms with Gasteiger partial charge < -0.3 is 10.6 Å². The molecule has 1 aromatic heterocycles. The number of carbonyl (C=O) groups excluding carboxylic acids is 2. The van der Waals surface area contributed by atoms with Gasteiger partial charge in [0.05, 0.1) is 0 Å². The zero-order valence-corrected chi connectivity index (χ0v) is 15.8. The Bertz CT molecular complexity index is 924. The SMILES string of the molecule is CCCc1nnc(C(=O)Nc2cccc(C(=O)NCc3ccccc3)c2)s1. The molecule has 2 aromatic carbocycles. The van der Waals surface area contributed by atoms with Gasteiger partial charge in [0.25, 0.3) is 11.8 Å². The number of carbonyl (C=O) groups is 2. The average Bonchev–Trinajstić information content (AvgIpc) is 3.16. The maximum atomic E-state index is 12.4. The van der Waals surface area contributed by atoms with E-state index in [1.54, 1.807) is 24.3 Å². The van der Waals surface area contributed by atoms with Gasteiger partial charge in [-0.3, -0.25) is 9.59 Å². The first-order valence-corrected chi connectivity index (χ1v) is 9.53. The summed E-state index contributed by atoms with van der Waals surface area (Å²) in [7, 11) is 0. The summed E-state index contributed by atoms with van der Waals surface area (Å²) in [5.74, 6) is -0.521. The molecular formula is C20H20N4O2S. The van der Waals surface area contributed by atoms with Gasteiger partial charge >= 0.3 is 0 Å². The highest BCUT2D eigenvalue weighted by molar-refractivity contribution is 7.13. The van der Waals surface area contributed by atoms with Crippen molar-refractivity contribution in [3.63, 3.8) is 0 Å². The van der Waals surface area contributed by atoms with Crippen molar-refractivity contribution in [1.82, 2.24) is 15.5 Å². The van der Waals surface area contributed by atoms with Gasteiger partial charge in [0, 0.05) is 24.2 Å². The lowest BCUT2D eigenvalue weighted by Gasteiger charge is -2.08. The Labute approximate surface area is 161 Å². The van der Waals surface area contributed by atoms with Crippen LogP contribution in [0, 0.1) is 0 Å². The largest absolute Gasteiger partial charge is 0.348 e. The van der Waals surface area contributed by atoms with E-state index in [0.29, 0.717) is 22.8 Å². The third-order valence-corrected chi connectivity index (χ3v) is 4.79. The number of hydrogen-bond acceptors (Lipinski definition) is 5. The van der Waals surface area contributed by atoms with Gasteiger partial charge in [-0.05, 0) is 30.2 Å². The molecule has 0 saturated heterocycles. The molecule has 2 N–H and O–H groups in total. The molecule has 0 fully saturated rings. The first-order chi connectivity index (χ1) is 13.2. The van der Waals surface area contributed by atoms with Gasteiger partial charge in [-0.25, -0.2) is 0 Å². The molecule has 3 rings (SSSR count). The van der Waals surface area contributed by atoms with Crippen LogP contribution in [0.15, 0.2) is 54.6 Å². The van der Waals surface area contributed by atoms with E-state index >= 15 is 0 Å². The van der Waals surface area contributed by atoms with Crippen LogP contribution in [0.1, 0.15) is 44.1 Å². The smallest absolute Gasteiger partial charge is 0.286 e. The van der Waals surface area contributed by atoms with Gasteiger partial charge in [-0.1, -0.05) is 54.7 Å². The number of aryl methyl sites for hydroxylation is 1. The molecule has 0 aliphatic carbocycles. The molecule has 1 heterocycles. The van der Waals surface area contributed by atoms with E-state index in [2.05, 4.69) is 27.8 Å². The fourth-order valence-electron chi connectivity index (χ4n) is 2.46. The van der Waals surface area contributed by atoms with Crippen molar-refractivity contribution in [2.45, 2.75) is 26.3 Å². The number of aromatic nitrogens is 2. The Balaban J connectivity index is 1.62. The molecule has 138 valence electrons. The van der Waals surface area contributed by atoms with Crippen molar-refractivity contribution in [1.29, 1.82) is 0 Å². The summed E-state index contributed by atoms with van der Waals surface area (Å²) in [5, 5.41) is 14.7. The van der Waals surface area contributed by atoms with Crippen molar-refractivity contribution in [2.75, 3.05) is 5.32 Å². The normalized spacial score (nSPS) is 10.4. The molecule has 6 nitrogen and oxygen atoms in total. The molecule has 0 aliphatic rings. The number of nitrogens with zero attached hydrogens (tertiary/aromatic N) is 2. The van der Waals surface area contributed by atoms with Gasteiger partial charge in [-0.15, -0.1) is 10.2 Å². The molecule has 0 aliphatic heterocycles. The van der Waals surface area contributed by atoms with E-state index in [-0.39, 0.29) is 11.8 Å². The van der Waals surface area contributed by atoms with Crippen LogP contribution in [-0.2, 0) is 13.0 Å². The van der Waals surface area contributed by atoms with Crippen LogP contribution in [0.25, 0.3) is 0 Å². The number of rotatable bonds is 7. The van der Waals surface area contributed by atoms with E-state index in [4.69, 9.17) is 0 Å². The van der Waals surface area contributed by atoms with Crippen molar-refractivity contribution < 1.29 is 9.59 Å². The van der Waals surface area contributed by atoms with Crippen molar-refractivity contribution in [3.8, 4) is 0 Å². The first-order valence-electron chi connectivity index (χ1n) is 8.71. The second-order valence-electron chi connectivity index (χ2n) is 5.95. The predicted molar refractivity (Wildman–Crippen MR) is 106 cm³/mol. The summed E-state index contributed by atoms with van der Waals surface area (Å²) in [5.41, 5.74) is 2.04. The van der Waals surface area contributed by atoms with Crippen LogP contribution in [-0.4, -0.2) is 22.0 Å². The molecule has 0 spiro atoms. The number of benzene rings is 2. The average molecular weight is 380 g/mol. The lowest BCUT2D eigenvalue weighted by atomic mass is 10.1. The molecule has 0 radical (unpaired) electrons. The summed E-state index contributed by atoms with van der Waals surface area (Å²) in [6.07, 6.45) is 1.76. The zero-order chi connectivity index (χ0) is 19.1. The summed E-state index contributed by atoms with van der Waals surface area (Å²) in [4.78, 5) is 24.7. The van der Waals surface area contributed by atoms with Crippen LogP contribution in [0.3, 0.4) is 0 Å². The Morgan fingerprint density at radius 1 is 1.00 bits per heavy atom. The summed E-state index contributed by atoms with van der Waals surface area (Å²) in [6, 6.07) is 16.5. The minimum atomic E-state index is -0.323. The van der Waals surface area contributed by atoms with E-state index in [9.17, 15) is 9.59 Å². The van der Waals surface area contributed by atoms with Gasteiger partial charge in [-0.2, -0.15) is 0 Å². The third kappa shape index (κ3) is 5.21. The minimum absolute atomic E-state index is 0.198. The zero-order valence-electron chi connectivity index (χ0n) is 14.9. The van der Waals surface area contributed by atoms with E-state index < -0.39 is 0 Å². The van der Waals surface area contributed by atoms with Crippen molar-refractivity contribution in [3.05, 3.63) is 75.7 Å². The van der Waals surface area contributed by atoms with E-state index in [0.717, 1.165) is 23.4 Å². The lowest BCUT2D eigenvalue weighted by molar-refractivity contribution is 0.0949. The Morgan fingerprint density at radius 2 is 1.81 bits per heavy atom. The second-order valence-corrected chi connectivity index (χ2v) is 7.02. The Kier molecular flexibility index (Phi) is 6.27. The molecular weight excluding hydrogens is 360 g/mol. The number of amides is 2. The molecule has 27 heavy (non-hydrogen) atoms. The molecule has 2 amide bonds. The summed E-state index contributed by atoms with van der Waals surface area (Å²) < 4.78 is 0. The maximum absolute atomic E-state index is 12.4. The Morgan fingerprint density at radius 3 is 2.59 bits per heavy atom. The van der Waals surface area contributed by atoms with E-state index in [1.807, 2.05) is 30.3 Å². The maximum Gasteiger partial charge on any atom is 0.286 e. The molecule has 3 aromatic rings. The van der Waals surface area contributed by atoms with Crippen LogP contribution < -0.4 is 10.6 Å². The monoisotopic (exact) mass is 380 g/mol. The molecule has 0 unspecified atom stereocenters. The number of anilines is 1. The lowest BCUT2D eigenvalue weighted by Crippen LogP contribution is -2.23. The minimum Gasteiger partial charge on any atom is -0.348 e. The second kappa shape index (κ2) is 9.05. The van der Waals surface area contributed by atoms with Gasteiger partial charge in [0.2, 0.25) is 5.01 Å². The summed E-state index contributed by atoms with van der Waals surface area (Å²) >= 11 is 1.29. The quantitative estimate of drug-likeness (QED) is 0.655. The van der Waals surface area contributed by atoms with Crippen LogP contribution in [0.2, 0.25) is 0 Å². The third-order valence-electron chi connectivity index (χ3n) is 3.80. The predicted octanol–water partition coefficient (Wildman–Crippen LogP) is 3.67. The Hall–Kier alpha value is -3.06. The van der Waals surface area contributed by atoms with Crippen molar-refractivity contribution >= 4 is 28.8 Å². The van der Waals surface area contributed by atoms with Crippen LogP contribution >= 0.6 is 11.3 Å². The first kappa shape index (κ1) is 18.7. The molecule has 0 bridgehead atoms. The molecule has 0 saturated carbocycles. The van der Waals surface area contributed by atoms with E-state index in [1.165, 1.54) is 11.3 Å². The van der Waals surface area contributed by atoms with Crippen LogP contribution in [0.4, 0.5) is 5.69 Å². The molecule has 7 heteroatoms. The topological polar surface area (TPSA) is 84.0 Å². The number of hydrogen-bond donors (Lipinski definition) is 2. The molecule has 0 atom stereocenters. The van der Waals surface area contributed by atoms with Crippen LogP contribution in [0.5, 0.6) is 0 Å². The highest BCUT2D eigenvalue weighted by Gasteiger charge is 2.14. The van der Waals surface area contributed by atoms with Gasteiger partial charge in [0.15, 0.2) is 0 Å². The standard InChI is InChI=1S/C20H20N4O2S/c1-2-7-17-23-24-20(27-17)19(26)22-16-11-6-10-15(12-16)18(25)21-13-14-8-4-3-5-9-14/h3-6,8-12H,2,7,13H2,1H3,(H,21,25)(H,22,26). The number of nitrogens with one attached hydrogen (secondary N) is 2. The van der Waals surface area contributed by atoms with Crippen molar-refractivity contribution in [2.24, 2.45) is 0 Å². The fourth-order valence-corrected chi connectivity index (χ4v) is 3.30.